The molecule has 0 aromatic heterocycles. The predicted molar refractivity (Wildman–Crippen MR) is 128 cm³/mol. The van der Waals surface area contributed by atoms with Gasteiger partial charge in [-0.15, -0.1) is 0 Å². The van der Waals surface area contributed by atoms with Gasteiger partial charge in [0.05, 0.1) is 6.04 Å². The van der Waals surface area contributed by atoms with Gasteiger partial charge in [0.1, 0.15) is 18.1 Å². The molecule has 0 aliphatic heterocycles. The highest BCUT2D eigenvalue weighted by atomic mass is 32.2. The topological polar surface area (TPSA) is 151 Å². The quantitative estimate of drug-likeness (QED) is 0.240. The lowest BCUT2D eigenvalue weighted by Crippen LogP contribution is -2.58. The molecule has 32 heavy (non-hydrogen) atoms. The van der Waals surface area contributed by atoms with Gasteiger partial charge in [-0.1, -0.05) is 41.5 Å². The number of nitrogens with one attached hydrogen (secondary N) is 3. The lowest BCUT2D eigenvalue weighted by atomic mass is 10.00. The molecule has 0 aromatic carbocycles. The van der Waals surface area contributed by atoms with Gasteiger partial charge < -0.3 is 26.8 Å². The van der Waals surface area contributed by atoms with Crippen LogP contribution in [0.3, 0.4) is 0 Å². The predicted octanol–water partition coefficient (Wildman–Crippen LogP) is 1.35. The highest BCUT2D eigenvalue weighted by molar-refractivity contribution is 7.98. The maximum Gasteiger partial charge on any atom is 0.326 e. The molecule has 0 aliphatic rings. The number of nitrogens with two attached hydrogens (primary N) is 1. The number of carbonyl (C=O) groups is 4. The van der Waals surface area contributed by atoms with Gasteiger partial charge in [-0.3, -0.25) is 14.4 Å². The van der Waals surface area contributed by atoms with Gasteiger partial charge >= 0.3 is 5.97 Å². The van der Waals surface area contributed by atoms with Crippen LogP contribution in [0.4, 0.5) is 0 Å². The van der Waals surface area contributed by atoms with E-state index in [0.29, 0.717) is 25.0 Å². The average molecular weight is 475 g/mol. The van der Waals surface area contributed by atoms with Gasteiger partial charge in [0, 0.05) is 0 Å². The summed E-state index contributed by atoms with van der Waals surface area (Å²) in [6.45, 7) is 11.1. The Balaban J connectivity index is 5.44. The minimum atomic E-state index is -1.13. The fourth-order valence-electron chi connectivity index (χ4n) is 3.14. The van der Waals surface area contributed by atoms with E-state index in [2.05, 4.69) is 16.0 Å². The van der Waals surface area contributed by atoms with E-state index in [1.165, 1.54) is 11.8 Å². The zero-order chi connectivity index (χ0) is 25.0. The van der Waals surface area contributed by atoms with E-state index in [0.717, 1.165) is 0 Å². The molecular weight excluding hydrogens is 432 g/mol. The number of carbonyl (C=O) groups excluding carboxylic acids is 3. The summed E-state index contributed by atoms with van der Waals surface area (Å²) in [5, 5.41) is 17.3. The first-order valence-electron chi connectivity index (χ1n) is 11.2. The molecule has 0 saturated heterocycles. The average Bonchev–Trinajstić information content (AvgIpc) is 2.66. The number of rotatable bonds is 15. The summed E-state index contributed by atoms with van der Waals surface area (Å²) in [4.78, 5) is 49.8. The fraction of sp³-hybridized carbons (Fsp3) is 0.818. The van der Waals surface area contributed by atoms with Gasteiger partial charge in [0.2, 0.25) is 17.7 Å². The summed E-state index contributed by atoms with van der Waals surface area (Å²) in [6.07, 6.45) is 3.10. The Hall–Kier alpha value is -1.81. The van der Waals surface area contributed by atoms with E-state index in [9.17, 15) is 24.3 Å². The molecule has 0 aromatic rings. The van der Waals surface area contributed by atoms with Crippen molar-refractivity contribution in [1.82, 2.24) is 16.0 Å². The third-order valence-corrected chi connectivity index (χ3v) is 5.52. The van der Waals surface area contributed by atoms with Gasteiger partial charge in [-0.25, -0.2) is 4.79 Å². The second kappa shape index (κ2) is 15.1. The number of amides is 3. The smallest absolute Gasteiger partial charge is 0.326 e. The Bertz CT molecular complexity index is 627. The Morgan fingerprint density at radius 1 is 0.812 bits per heavy atom. The molecule has 0 saturated carbocycles. The Morgan fingerprint density at radius 3 is 1.75 bits per heavy atom. The van der Waals surface area contributed by atoms with Crippen molar-refractivity contribution >= 4 is 35.5 Å². The molecular formula is C22H42N4O5S. The number of thioether (sulfide) groups is 1. The Kier molecular flexibility index (Phi) is 14.2. The van der Waals surface area contributed by atoms with Gasteiger partial charge in [-0.2, -0.15) is 11.8 Å². The number of hydrogen-bond donors (Lipinski definition) is 5. The van der Waals surface area contributed by atoms with E-state index in [4.69, 9.17) is 5.73 Å². The molecule has 0 fully saturated rings. The Labute approximate surface area is 196 Å². The summed E-state index contributed by atoms with van der Waals surface area (Å²) in [7, 11) is 0. The van der Waals surface area contributed by atoms with Crippen LogP contribution in [0.25, 0.3) is 0 Å². The fourth-order valence-corrected chi connectivity index (χ4v) is 3.61. The standard InChI is InChI=1S/C22H42N4O5S/c1-12(2)10-15(23)19(27)24-16(8-9-32-7)20(28)25-17(11-13(3)4)21(29)26-18(14(5)6)22(30)31/h12-18H,8-11,23H2,1-7H3,(H,24,27)(H,25,28)(H,26,29)(H,30,31). The van der Waals surface area contributed by atoms with Gasteiger partial charge in [-0.05, 0) is 49.0 Å². The monoisotopic (exact) mass is 474 g/mol. The van der Waals surface area contributed by atoms with Crippen molar-refractivity contribution in [3.05, 3.63) is 0 Å². The largest absolute Gasteiger partial charge is 0.480 e. The number of carboxylic acids is 1. The highest BCUT2D eigenvalue weighted by Crippen LogP contribution is 2.10. The molecule has 0 aliphatic carbocycles. The maximum absolute atomic E-state index is 13.0. The molecule has 0 spiro atoms. The van der Waals surface area contributed by atoms with E-state index in [1.807, 2.05) is 34.0 Å². The first-order valence-corrected chi connectivity index (χ1v) is 12.6. The van der Waals surface area contributed by atoms with Crippen molar-refractivity contribution in [2.75, 3.05) is 12.0 Å². The molecule has 3 amide bonds. The van der Waals surface area contributed by atoms with Crippen LogP contribution in [0.5, 0.6) is 0 Å². The Morgan fingerprint density at radius 2 is 1.31 bits per heavy atom. The minimum absolute atomic E-state index is 0.0760. The van der Waals surface area contributed by atoms with E-state index in [1.54, 1.807) is 13.8 Å². The van der Waals surface area contributed by atoms with Crippen LogP contribution in [0, 0.1) is 17.8 Å². The van der Waals surface area contributed by atoms with Crippen LogP contribution in [0.1, 0.15) is 60.8 Å². The van der Waals surface area contributed by atoms with Crippen molar-refractivity contribution in [1.29, 1.82) is 0 Å². The van der Waals surface area contributed by atoms with Crippen molar-refractivity contribution in [2.45, 2.75) is 85.0 Å². The summed E-state index contributed by atoms with van der Waals surface area (Å²) >= 11 is 1.54. The van der Waals surface area contributed by atoms with Crippen LogP contribution in [-0.2, 0) is 19.2 Å². The van der Waals surface area contributed by atoms with Crippen LogP contribution in [-0.4, -0.2) is 65.0 Å². The first-order chi connectivity index (χ1) is 14.8. The van der Waals surface area contributed by atoms with Crippen molar-refractivity contribution < 1.29 is 24.3 Å². The first kappa shape index (κ1) is 30.2. The van der Waals surface area contributed by atoms with Crippen LogP contribution >= 0.6 is 11.8 Å². The summed E-state index contributed by atoms with van der Waals surface area (Å²) < 4.78 is 0. The van der Waals surface area contributed by atoms with Crippen LogP contribution < -0.4 is 21.7 Å². The molecule has 6 N–H and O–H groups in total. The third kappa shape index (κ3) is 11.7. The number of aliphatic carboxylic acids is 1. The van der Waals surface area contributed by atoms with Gasteiger partial charge in [0.25, 0.3) is 0 Å². The molecule has 4 unspecified atom stereocenters. The number of hydrogen-bond acceptors (Lipinski definition) is 6. The SMILES string of the molecule is CSCCC(NC(=O)C(N)CC(C)C)C(=O)NC(CC(C)C)C(=O)NC(C(=O)O)C(C)C. The lowest BCUT2D eigenvalue weighted by molar-refractivity contribution is -0.143. The number of carboxylic acid groups (broad SMARTS) is 1. The zero-order valence-electron chi connectivity index (χ0n) is 20.4. The summed E-state index contributed by atoms with van der Waals surface area (Å²) in [5.74, 6) is -1.96. The highest BCUT2D eigenvalue weighted by Gasteiger charge is 2.31. The maximum atomic E-state index is 13.0. The van der Waals surface area contributed by atoms with Crippen molar-refractivity contribution in [3.63, 3.8) is 0 Å². The summed E-state index contributed by atoms with van der Waals surface area (Å²) in [5.41, 5.74) is 5.95. The van der Waals surface area contributed by atoms with Crippen molar-refractivity contribution in [2.24, 2.45) is 23.5 Å². The van der Waals surface area contributed by atoms with E-state index < -0.39 is 47.9 Å². The molecule has 10 heteroatoms. The lowest BCUT2D eigenvalue weighted by Gasteiger charge is -2.27. The van der Waals surface area contributed by atoms with Gasteiger partial charge in [0.15, 0.2) is 0 Å². The normalized spacial score (nSPS) is 15.2. The van der Waals surface area contributed by atoms with Crippen molar-refractivity contribution in [3.8, 4) is 0 Å². The molecule has 4 atom stereocenters. The van der Waals surface area contributed by atoms with Crippen LogP contribution in [0.2, 0.25) is 0 Å². The molecule has 9 nitrogen and oxygen atoms in total. The van der Waals surface area contributed by atoms with E-state index in [-0.39, 0.29) is 17.8 Å². The zero-order valence-corrected chi connectivity index (χ0v) is 21.3. The molecule has 0 bridgehead atoms. The summed E-state index contributed by atoms with van der Waals surface area (Å²) in [6, 6.07) is -3.54. The molecule has 0 radical (unpaired) electrons. The molecule has 186 valence electrons. The van der Waals surface area contributed by atoms with Crippen LogP contribution in [0.15, 0.2) is 0 Å². The molecule has 0 heterocycles. The molecule has 0 rings (SSSR count). The third-order valence-electron chi connectivity index (χ3n) is 4.88. The minimum Gasteiger partial charge on any atom is -0.480 e. The van der Waals surface area contributed by atoms with E-state index >= 15 is 0 Å². The second-order valence-electron chi connectivity index (χ2n) is 9.34. The second-order valence-corrected chi connectivity index (χ2v) is 10.3.